The van der Waals surface area contributed by atoms with Crippen LogP contribution in [0.2, 0.25) is 0 Å². The van der Waals surface area contributed by atoms with Gasteiger partial charge in [0.2, 0.25) is 0 Å². The van der Waals surface area contributed by atoms with E-state index in [2.05, 4.69) is 0 Å². The second-order valence-corrected chi connectivity index (χ2v) is 4.40. The van der Waals surface area contributed by atoms with E-state index in [-0.39, 0.29) is 12.0 Å². The van der Waals surface area contributed by atoms with E-state index in [1.54, 1.807) is 0 Å². The zero-order chi connectivity index (χ0) is 10.8. The molecule has 1 fully saturated rings. The van der Waals surface area contributed by atoms with Gasteiger partial charge in [0.25, 0.3) is 0 Å². The Labute approximate surface area is 90.5 Å². The number of hydrogen-bond donors (Lipinski definition) is 1. The zero-order valence-corrected chi connectivity index (χ0v) is 9.02. The summed E-state index contributed by atoms with van der Waals surface area (Å²) in [6.45, 7) is 1.94. The fourth-order valence-electron chi connectivity index (χ4n) is 1.88. The van der Waals surface area contributed by atoms with Crippen molar-refractivity contribution in [3.8, 4) is 0 Å². The van der Waals surface area contributed by atoms with E-state index in [9.17, 15) is 4.79 Å². The van der Waals surface area contributed by atoms with Crippen LogP contribution in [0, 0.1) is 11.8 Å². The van der Waals surface area contributed by atoms with Gasteiger partial charge in [-0.2, -0.15) is 0 Å². The molecule has 0 spiro atoms. The maximum atomic E-state index is 11.8. The second kappa shape index (κ2) is 4.15. The van der Waals surface area contributed by atoms with Gasteiger partial charge in [0.1, 0.15) is 5.78 Å². The van der Waals surface area contributed by atoms with Crippen molar-refractivity contribution in [3.05, 3.63) is 35.9 Å². The average molecular weight is 203 g/mol. The number of carbonyl (C=O) groups excluding carboxylic acids is 1. The standard InChI is InChI=1S/C13H17NO/c1-9(13(15)11-7-8-11)12(14)10-5-3-2-4-6-10/h2-6,9,11-12H,7-8,14H2,1H3. The molecule has 2 atom stereocenters. The Hall–Kier alpha value is -1.15. The minimum atomic E-state index is -0.153. The molecule has 1 aromatic carbocycles. The SMILES string of the molecule is CC(C(=O)C1CC1)C(N)c1ccccc1. The molecule has 0 saturated heterocycles. The summed E-state index contributed by atoms with van der Waals surface area (Å²) in [5.74, 6) is 0.584. The van der Waals surface area contributed by atoms with Crippen LogP contribution in [0.15, 0.2) is 30.3 Å². The monoisotopic (exact) mass is 203 g/mol. The van der Waals surface area contributed by atoms with Gasteiger partial charge in [0, 0.05) is 17.9 Å². The van der Waals surface area contributed by atoms with Gasteiger partial charge in [0.05, 0.1) is 0 Å². The summed E-state index contributed by atoms with van der Waals surface area (Å²) in [7, 11) is 0. The summed E-state index contributed by atoms with van der Waals surface area (Å²) in [6.07, 6.45) is 2.12. The van der Waals surface area contributed by atoms with Crippen LogP contribution in [0.4, 0.5) is 0 Å². The molecule has 0 radical (unpaired) electrons. The van der Waals surface area contributed by atoms with Gasteiger partial charge in [-0.3, -0.25) is 4.79 Å². The van der Waals surface area contributed by atoms with Crippen LogP contribution < -0.4 is 5.73 Å². The predicted molar refractivity (Wildman–Crippen MR) is 60.3 cm³/mol. The summed E-state index contributed by atoms with van der Waals surface area (Å²) in [5.41, 5.74) is 7.14. The lowest BCUT2D eigenvalue weighted by Gasteiger charge is -2.18. The van der Waals surface area contributed by atoms with Gasteiger partial charge in [-0.25, -0.2) is 0 Å². The van der Waals surface area contributed by atoms with Crippen molar-refractivity contribution in [1.29, 1.82) is 0 Å². The summed E-state index contributed by atoms with van der Waals surface area (Å²) < 4.78 is 0. The molecule has 1 aliphatic carbocycles. The largest absolute Gasteiger partial charge is 0.323 e. The molecule has 2 nitrogen and oxygen atoms in total. The quantitative estimate of drug-likeness (QED) is 0.816. The van der Waals surface area contributed by atoms with Crippen LogP contribution in [-0.4, -0.2) is 5.78 Å². The Bertz CT molecular complexity index is 343. The normalized spacial score (nSPS) is 19.6. The van der Waals surface area contributed by atoms with E-state index < -0.39 is 0 Å². The van der Waals surface area contributed by atoms with Crippen molar-refractivity contribution in [2.24, 2.45) is 17.6 Å². The molecule has 0 aliphatic heterocycles. The maximum absolute atomic E-state index is 11.8. The van der Waals surface area contributed by atoms with Crippen LogP contribution in [0.5, 0.6) is 0 Å². The Balaban J connectivity index is 2.06. The van der Waals surface area contributed by atoms with Crippen molar-refractivity contribution in [3.63, 3.8) is 0 Å². The molecule has 0 bridgehead atoms. The van der Waals surface area contributed by atoms with Crippen LogP contribution in [0.3, 0.4) is 0 Å². The number of hydrogen-bond acceptors (Lipinski definition) is 2. The van der Waals surface area contributed by atoms with E-state index in [0.717, 1.165) is 18.4 Å². The van der Waals surface area contributed by atoms with Crippen LogP contribution in [0.1, 0.15) is 31.4 Å². The van der Waals surface area contributed by atoms with Gasteiger partial charge in [-0.15, -0.1) is 0 Å². The molecule has 1 saturated carbocycles. The Kier molecular flexibility index (Phi) is 2.87. The molecule has 0 heterocycles. The molecular weight excluding hydrogens is 186 g/mol. The summed E-state index contributed by atoms with van der Waals surface area (Å²) >= 11 is 0. The first-order chi connectivity index (χ1) is 7.20. The minimum absolute atomic E-state index is 0.0556. The average Bonchev–Trinajstić information content (AvgIpc) is 3.11. The Morgan fingerprint density at radius 2 is 1.93 bits per heavy atom. The molecule has 2 unspecified atom stereocenters. The molecule has 1 aromatic rings. The summed E-state index contributed by atoms with van der Waals surface area (Å²) in [4.78, 5) is 11.8. The Morgan fingerprint density at radius 1 is 1.33 bits per heavy atom. The van der Waals surface area contributed by atoms with Crippen molar-refractivity contribution < 1.29 is 4.79 Å². The van der Waals surface area contributed by atoms with E-state index in [0.29, 0.717) is 11.7 Å². The maximum Gasteiger partial charge on any atom is 0.140 e. The third-order valence-corrected chi connectivity index (χ3v) is 3.15. The fraction of sp³-hybridized carbons (Fsp3) is 0.462. The van der Waals surface area contributed by atoms with Crippen LogP contribution in [-0.2, 0) is 4.79 Å². The molecule has 80 valence electrons. The highest BCUT2D eigenvalue weighted by molar-refractivity contribution is 5.85. The van der Waals surface area contributed by atoms with Crippen molar-refractivity contribution in [2.45, 2.75) is 25.8 Å². The number of ketones is 1. The van der Waals surface area contributed by atoms with Gasteiger partial charge in [-0.1, -0.05) is 37.3 Å². The van der Waals surface area contributed by atoms with Crippen molar-refractivity contribution in [1.82, 2.24) is 0 Å². The molecule has 0 aromatic heterocycles. The highest BCUT2D eigenvalue weighted by atomic mass is 16.1. The van der Waals surface area contributed by atoms with Crippen LogP contribution >= 0.6 is 0 Å². The van der Waals surface area contributed by atoms with E-state index in [1.165, 1.54) is 0 Å². The molecule has 0 amide bonds. The number of Topliss-reactive ketones (excluding diaryl/α,β-unsaturated/α-hetero) is 1. The third-order valence-electron chi connectivity index (χ3n) is 3.15. The lowest BCUT2D eigenvalue weighted by atomic mass is 9.90. The van der Waals surface area contributed by atoms with Gasteiger partial charge >= 0.3 is 0 Å². The molecule has 15 heavy (non-hydrogen) atoms. The first-order valence-electron chi connectivity index (χ1n) is 5.54. The lowest BCUT2D eigenvalue weighted by Crippen LogP contribution is -2.26. The highest BCUT2D eigenvalue weighted by Gasteiger charge is 2.35. The van der Waals surface area contributed by atoms with Crippen molar-refractivity contribution >= 4 is 5.78 Å². The minimum Gasteiger partial charge on any atom is -0.323 e. The predicted octanol–water partition coefficient (Wildman–Crippen LogP) is 2.30. The number of benzene rings is 1. The van der Waals surface area contributed by atoms with E-state index in [1.807, 2.05) is 37.3 Å². The number of nitrogens with two attached hydrogens (primary N) is 1. The summed E-state index contributed by atoms with van der Waals surface area (Å²) in [6, 6.07) is 9.71. The fourth-order valence-corrected chi connectivity index (χ4v) is 1.88. The zero-order valence-electron chi connectivity index (χ0n) is 9.02. The van der Waals surface area contributed by atoms with E-state index >= 15 is 0 Å². The molecular formula is C13H17NO. The Morgan fingerprint density at radius 3 is 2.47 bits per heavy atom. The summed E-state index contributed by atoms with van der Waals surface area (Å²) in [5, 5.41) is 0. The lowest BCUT2D eigenvalue weighted by molar-refractivity contribution is -0.124. The molecule has 2 N–H and O–H groups in total. The highest BCUT2D eigenvalue weighted by Crippen LogP contribution is 2.35. The molecule has 1 aliphatic rings. The van der Waals surface area contributed by atoms with Gasteiger partial charge < -0.3 is 5.73 Å². The first-order valence-corrected chi connectivity index (χ1v) is 5.54. The number of carbonyl (C=O) groups is 1. The van der Waals surface area contributed by atoms with E-state index in [4.69, 9.17) is 5.73 Å². The van der Waals surface area contributed by atoms with Crippen molar-refractivity contribution in [2.75, 3.05) is 0 Å². The molecule has 2 heteroatoms. The number of rotatable bonds is 4. The third kappa shape index (κ3) is 2.26. The topological polar surface area (TPSA) is 43.1 Å². The van der Waals surface area contributed by atoms with Gasteiger partial charge in [-0.05, 0) is 18.4 Å². The van der Waals surface area contributed by atoms with Gasteiger partial charge in [0.15, 0.2) is 0 Å². The first kappa shape index (κ1) is 10.4. The van der Waals surface area contributed by atoms with Crippen LogP contribution in [0.25, 0.3) is 0 Å². The molecule has 2 rings (SSSR count). The second-order valence-electron chi connectivity index (χ2n) is 4.40. The smallest absolute Gasteiger partial charge is 0.140 e.